The topological polar surface area (TPSA) is 55.1 Å². The number of halogens is 4. The Bertz CT molecular complexity index is 1250. The fourth-order valence-corrected chi connectivity index (χ4v) is 4.53. The van der Waals surface area contributed by atoms with E-state index in [1.54, 1.807) is 54.6 Å². The molecule has 2 aromatic heterocycles. The van der Waals surface area contributed by atoms with Crippen molar-refractivity contribution in [2.45, 2.75) is 11.1 Å². The van der Waals surface area contributed by atoms with Crippen LogP contribution in [0.3, 0.4) is 0 Å². The third kappa shape index (κ3) is 4.06. The number of hydrogen-bond acceptors (Lipinski definition) is 3. The van der Waals surface area contributed by atoms with Crippen LogP contribution < -0.4 is 0 Å². The lowest BCUT2D eigenvalue weighted by molar-refractivity contribution is -0.140. The van der Waals surface area contributed by atoms with Gasteiger partial charge in [-0.1, -0.05) is 35.9 Å². The maximum Gasteiger partial charge on any atom is 0.434 e. The van der Waals surface area contributed by atoms with Crippen molar-refractivity contribution in [3.05, 3.63) is 77.6 Å². The van der Waals surface area contributed by atoms with E-state index in [-0.39, 0.29) is 10.7 Å². The number of nitrogens with zero attached hydrogens (tertiary/aromatic N) is 2. The average molecular weight is 469 g/mol. The van der Waals surface area contributed by atoms with Gasteiger partial charge in [0, 0.05) is 11.1 Å². The van der Waals surface area contributed by atoms with E-state index in [1.807, 2.05) is 0 Å². The Labute approximate surface area is 180 Å². The molecule has 0 saturated carbocycles. The first kappa shape index (κ1) is 20.8. The molecule has 0 saturated heterocycles. The zero-order chi connectivity index (χ0) is 21.5. The highest BCUT2D eigenvalue weighted by molar-refractivity contribution is 7.79. The van der Waals surface area contributed by atoms with Gasteiger partial charge in [0.15, 0.2) is 22.6 Å². The van der Waals surface area contributed by atoms with Crippen molar-refractivity contribution < 1.29 is 21.9 Å². The van der Waals surface area contributed by atoms with Crippen molar-refractivity contribution >= 4 is 34.0 Å². The minimum atomic E-state index is -4.61. The number of imidazole rings is 1. The van der Waals surface area contributed by atoms with Crippen LogP contribution in [0.5, 0.6) is 0 Å². The van der Waals surface area contributed by atoms with Gasteiger partial charge in [0.05, 0.1) is 20.5 Å². The van der Waals surface area contributed by atoms with Crippen LogP contribution in [0.2, 0.25) is 5.02 Å². The first-order chi connectivity index (χ1) is 14.2. The van der Waals surface area contributed by atoms with Gasteiger partial charge >= 0.3 is 6.18 Å². The van der Waals surface area contributed by atoms with Crippen LogP contribution in [0, 0.1) is 0 Å². The van der Waals surface area contributed by atoms with Gasteiger partial charge < -0.3 is 4.55 Å². The van der Waals surface area contributed by atoms with E-state index in [0.717, 1.165) is 11.1 Å². The quantitative estimate of drug-likeness (QED) is 0.347. The summed E-state index contributed by atoms with van der Waals surface area (Å²) in [6.45, 7) is 0. The van der Waals surface area contributed by atoms with Gasteiger partial charge in [0.2, 0.25) is 0 Å². The minimum absolute atomic E-state index is 0.105. The summed E-state index contributed by atoms with van der Waals surface area (Å²) < 4.78 is 62.0. The molecule has 1 unspecified atom stereocenters. The fraction of sp³-hybridized carbons (Fsp3) is 0.0500. The number of thiophene rings is 1. The normalized spacial score (nSPS) is 12.8. The maximum atomic E-state index is 13.3. The monoisotopic (exact) mass is 468 g/mol. The molecule has 154 valence electrons. The molecule has 2 heterocycles. The fourth-order valence-electron chi connectivity index (χ4n) is 2.89. The first-order valence-corrected chi connectivity index (χ1v) is 10.8. The number of hydrogen-bond donors (Lipinski definition) is 1. The van der Waals surface area contributed by atoms with Gasteiger partial charge in [-0.3, -0.25) is 4.57 Å². The number of alkyl halides is 3. The van der Waals surface area contributed by atoms with Crippen LogP contribution >= 0.6 is 22.9 Å². The summed E-state index contributed by atoms with van der Waals surface area (Å²) in [5.74, 6) is 0.105. The molecule has 0 spiro atoms. The molecule has 4 aromatic rings. The lowest BCUT2D eigenvalue weighted by Crippen LogP contribution is -2.04. The smallest absolute Gasteiger partial charge is 0.302 e. The van der Waals surface area contributed by atoms with E-state index in [1.165, 1.54) is 22.0 Å². The van der Waals surface area contributed by atoms with Crippen LogP contribution in [0.4, 0.5) is 13.2 Å². The van der Waals surface area contributed by atoms with Crippen molar-refractivity contribution in [2.24, 2.45) is 0 Å². The number of para-hydroxylation sites is 1. The largest absolute Gasteiger partial charge is 0.434 e. The molecule has 30 heavy (non-hydrogen) atoms. The third-order valence-electron chi connectivity index (χ3n) is 4.25. The molecule has 0 aliphatic rings. The SMILES string of the molecule is O=S(O)c1cccc(-c2ccc(-c3nc(C(F)(F)F)cn3-c3ccccc3Cl)s2)c1. The van der Waals surface area contributed by atoms with Crippen molar-refractivity contribution in [2.75, 3.05) is 0 Å². The highest BCUT2D eigenvalue weighted by Gasteiger charge is 2.35. The zero-order valence-electron chi connectivity index (χ0n) is 14.9. The molecular formula is C20H12ClF3N2O2S2. The van der Waals surface area contributed by atoms with Crippen LogP contribution in [0.1, 0.15) is 5.69 Å². The van der Waals surface area contributed by atoms with E-state index in [0.29, 0.717) is 21.2 Å². The number of rotatable bonds is 4. The van der Waals surface area contributed by atoms with Gasteiger partial charge in [-0.15, -0.1) is 11.3 Å². The van der Waals surface area contributed by atoms with Crippen molar-refractivity contribution in [1.29, 1.82) is 0 Å². The molecule has 1 N–H and O–H groups in total. The van der Waals surface area contributed by atoms with Crippen LogP contribution in [0.15, 0.2) is 71.8 Å². The molecule has 0 bridgehead atoms. The van der Waals surface area contributed by atoms with Gasteiger partial charge in [-0.2, -0.15) is 13.2 Å². The second-order valence-corrected chi connectivity index (χ2v) is 8.67. The lowest BCUT2D eigenvalue weighted by atomic mass is 10.2. The average Bonchev–Trinajstić information content (AvgIpc) is 3.35. The lowest BCUT2D eigenvalue weighted by Gasteiger charge is -2.08. The third-order valence-corrected chi connectivity index (χ3v) is 6.36. The Kier molecular flexibility index (Phi) is 5.54. The molecule has 2 aromatic carbocycles. The van der Waals surface area contributed by atoms with E-state index in [9.17, 15) is 21.9 Å². The molecule has 0 aliphatic heterocycles. The van der Waals surface area contributed by atoms with Gasteiger partial charge in [0.25, 0.3) is 0 Å². The molecule has 10 heteroatoms. The zero-order valence-corrected chi connectivity index (χ0v) is 17.3. The highest BCUT2D eigenvalue weighted by atomic mass is 35.5. The van der Waals surface area contributed by atoms with Crippen LogP contribution in [-0.2, 0) is 17.3 Å². The van der Waals surface area contributed by atoms with Crippen LogP contribution in [-0.4, -0.2) is 18.3 Å². The summed E-state index contributed by atoms with van der Waals surface area (Å²) in [5.41, 5.74) is 0.0351. The van der Waals surface area contributed by atoms with Crippen LogP contribution in [0.25, 0.3) is 26.8 Å². The molecule has 0 fully saturated rings. The summed E-state index contributed by atoms with van der Waals surface area (Å²) in [6.07, 6.45) is -3.69. The van der Waals surface area contributed by atoms with E-state index in [4.69, 9.17) is 11.6 Å². The second kappa shape index (κ2) is 7.99. The summed E-state index contributed by atoms with van der Waals surface area (Å²) in [7, 11) is 0. The Balaban J connectivity index is 1.83. The Morgan fingerprint density at radius 1 is 1.03 bits per heavy atom. The summed E-state index contributed by atoms with van der Waals surface area (Å²) in [6, 6.07) is 16.5. The second-order valence-electron chi connectivity index (χ2n) is 6.21. The molecule has 0 radical (unpaired) electrons. The Morgan fingerprint density at radius 3 is 2.47 bits per heavy atom. The summed E-state index contributed by atoms with van der Waals surface area (Å²) in [4.78, 5) is 5.28. The van der Waals surface area contributed by atoms with Gasteiger partial charge in [-0.25, -0.2) is 9.19 Å². The number of aromatic nitrogens is 2. The molecule has 0 aliphatic carbocycles. The molecular weight excluding hydrogens is 457 g/mol. The maximum absolute atomic E-state index is 13.3. The predicted molar refractivity (Wildman–Crippen MR) is 111 cm³/mol. The minimum Gasteiger partial charge on any atom is -0.302 e. The Morgan fingerprint density at radius 2 is 1.77 bits per heavy atom. The molecule has 1 atom stereocenters. The molecule has 4 nitrogen and oxygen atoms in total. The van der Waals surface area contributed by atoms with E-state index >= 15 is 0 Å². The van der Waals surface area contributed by atoms with Crippen molar-refractivity contribution in [3.8, 4) is 26.8 Å². The standard InChI is InChI=1S/C20H12ClF3N2O2S2/c21-14-6-1-2-7-15(14)26-11-18(20(22,23)24)25-19(26)17-9-8-16(29-17)12-4-3-5-13(10-12)30(27)28/h1-11H,(H,27,28). The van der Waals surface area contributed by atoms with Gasteiger partial charge in [0.1, 0.15) is 0 Å². The summed E-state index contributed by atoms with van der Waals surface area (Å²) in [5, 5.41) is 0.291. The van der Waals surface area contributed by atoms with E-state index < -0.39 is 23.0 Å². The molecule has 0 amide bonds. The van der Waals surface area contributed by atoms with Crippen molar-refractivity contribution in [1.82, 2.24) is 9.55 Å². The number of benzene rings is 2. The first-order valence-electron chi connectivity index (χ1n) is 8.47. The summed E-state index contributed by atoms with van der Waals surface area (Å²) >= 11 is 5.30. The predicted octanol–water partition coefficient (Wildman–Crippen LogP) is 6.52. The van der Waals surface area contributed by atoms with Gasteiger partial charge in [-0.05, 0) is 42.0 Å². The Hall–Kier alpha value is -2.46. The molecule has 4 rings (SSSR count). The van der Waals surface area contributed by atoms with Crippen molar-refractivity contribution in [3.63, 3.8) is 0 Å². The van der Waals surface area contributed by atoms with E-state index in [2.05, 4.69) is 4.98 Å². The highest BCUT2D eigenvalue weighted by Crippen LogP contribution is 2.38.